The van der Waals surface area contributed by atoms with E-state index in [1.165, 1.54) is 0 Å². The standard InChI is InChI=1S/C8H12N4/c1-6(2)12-7(9)8-10-4-3-5-11-8/h3-6H,1-2H3,(H2,9,12). The van der Waals surface area contributed by atoms with E-state index in [-0.39, 0.29) is 6.04 Å². The Bertz CT molecular complexity index is 266. The molecule has 0 unspecified atom stereocenters. The van der Waals surface area contributed by atoms with Crippen LogP contribution in [0.25, 0.3) is 0 Å². The Morgan fingerprint density at radius 1 is 1.42 bits per heavy atom. The summed E-state index contributed by atoms with van der Waals surface area (Å²) in [6.07, 6.45) is 3.29. The van der Waals surface area contributed by atoms with Gasteiger partial charge in [0.25, 0.3) is 0 Å². The monoisotopic (exact) mass is 164 g/mol. The number of hydrogen-bond acceptors (Lipinski definition) is 3. The lowest BCUT2D eigenvalue weighted by molar-refractivity contribution is 0.831. The third-order valence-corrected chi connectivity index (χ3v) is 1.19. The molecule has 0 saturated carbocycles. The van der Waals surface area contributed by atoms with Gasteiger partial charge in [-0.2, -0.15) is 0 Å². The highest BCUT2D eigenvalue weighted by atomic mass is 15.0. The zero-order valence-corrected chi connectivity index (χ0v) is 7.23. The highest BCUT2D eigenvalue weighted by Gasteiger charge is 1.99. The van der Waals surface area contributed by atoms with Gasteiger partial charge in [0.2, 0.25) is 0 Å². The molecule has 64 valence electrons. The van der Waals surface area contributed by atoms with Gasteiger partial charge in [0, 0.05) is 18.4 Å². The molecule has 0 aromatic carbocycles. The number of nitrogens with zero attached hydrogens (tertiary/aromatic N) is 3. The molecule has 0 bridgehead atoms. The van der Waals surface area contributed by atoms with Crippen molar-refractivity contribution >= 4 is 5.84 Å². The molecule has 12 heavy (non-hydrogen) atoms. The fourth-order valence-electron chi connectivity index (χ4n) is 0.767. The fraction of sp³-hybridized carbons (Fsp3) is 0.375. The first-order chi connectivity index (χ1) is 5.70. The Balaban J connectivity index is 2.85. The molecule has 0 amide bonds. The lowest BCUT2D eigenvalue weighted by atomic mass is 10.4. The Labute approximate surface area is 71.6 Å². The van der Waals surface area contributed by atoms with E-state index in [1.807, 2.05) is 13.8 Å². The predicted molar refractivity (Wildman–Crippen MR) is 47.9 cm³/mol. The molecule has 0 saturated heterocycles. The van der Waals surface area contributed by atoms with Gasteiger partial charge in [0.05, 0.1) is 0 Å². The molecule has 1 aromatic heterocycles. The normalized spacial score (nSPS) is 12.1. The van der Waals surface area contributed by atoms with Crippen LogP contribution < -0.4 is 5.73 Å². The topological polar surface area (TPSA) is 64.2 Å². The summed E-state index contributed by atoms with van der Waals surface area (Å²) in [6, 6.07) is 1.92. The van der Waals surface area contributed by atoms with E-state index < -0.39 is 0 Å². The zero-order chi connectivity index (χ0) is 8.97. The van der Waals surface area contributed by atoms with Crippen LogP contribution in [0.3, 0.4) is 0 Å². The van der Waals surface area contributed by atoms with E-state index in [0.717, 1.165) is 0 Å². The molecule has 0 aliphatic rings. The van der Waals surface area contributed by atoms with E-state index in [1.54, 1.807) is 18.5 Å². The molecule has 0 aliphatic carbocycles. The molecular formula is C8H12N4. The molecule has 1 aromatic rings. The van der Waals surface area contributed by atoms with Crippen LogP contribution in [0.4, 0.5) is 0 Å². The molecule has 0 fully saturated rings. The molecule has 0 spiro atoms. The first kappa shape index (κ1) is 8.64. The van der Waals surface area contributed by atoms with Crippen LogP contribution in [0.5, 0.6) is 0 Å². The number of aromatic nitrogens is 2. The Kier molecular flexibility index (Phi) is 2.74. The Morgan fingerprint density at radius 3 is 2.50 bits per heavy atom. The molecule has 1 rings (SSSR count). The number of rotatable bonds is 2. The van der Waals surface area contributed by atoms with Crippen molar-refractivity contribution in [2.75, 3.05) is 0 Å². The van der Waals surface area contributed by atoms with Crippen molar-refractivity contribution in [2.24, 2.45) is 10.7 Å². The van der Waals surface area contributed by atoms with Gasteiger partial charge in [-0.1, -0.05) is 0 Å². The summed E-state index contributed by atoms with van der Waals surface area (Å²) in [7, 11) is 0. The van der Waals surface area contributed by atoms with E-state index in [2.05, 4.69) is 15.0 Å². The molecule has 1 heterocycles. The summed E-state index contributed by atoms with van der Waals surface area (Å²) in [5, 5.41) is 0. The maximum absolute atomic E-state index is 5.62. The van der Waals surface area contributed by atoms with Crippen molar-refractivity contribution in [1.29, 1.82) is 0 Å². The first-order valence-electron chi connectivity index (χ1n) is 3.81. The molecule has 2 N–H and O–H groups in total. The van der Waals surface area contributed by atoms with Crippen molar-refractivity contribution in [1.82, 2.24) is 9.97 Å². The maximum atomic E-state index is 5.62. The van der Waals surface area contributed by atoms with Crippen LogP contribution in [0, 0.1) is 0 Å². The summed E-state index contributed by atoms with van der Waals surface area (Å²) in [6.45, 7) is 3.91. The van der Waals surface area contributed by atoms with Crippen molar-refractivity contribution < 1.29 is 0 Å². The van der Waals surface area contributed by atoms with Crippen molar-refractivity contribution in [2.45, 2.75) is 19.9 Å². The summed E-state index contributed by atoms with van der Waals surface area (Å²) >= 11 is 0. The zero-order valence-electron chi connectivity index (χ0n) is 7.23. The molecule has 4 heteroatoms. The average Bonchev–Trinajstić information content (AvgIpc) is 2.05. The number of amidine groups is 1. The second-order valence-electron chi connectivity index (χ2n) is 2.68. The number of hydrogen-bond donors (Lipinski definition) is 1. The van der Waals surface area contributed by atoms with Crippen molar-refractivity contribution in [3.63, 3.8) is 0 Å². The molecule has 0 aliphatic heterocycles. The largest absolute Gasteiger partial charge is 0.381 e. The van der Waals surface area contributed by atoms with Crippen LogP contribution in [-0.2, 0) is 0 Å². The smallest absolute Gasteiger partial charge is 0.194 e. The van der Waals surface area contributed by atoms with Gasteiger partial charge >= 0.3 is 0 Å². The van der Waals surface area contributed by atoms with Crippen LogP contribution in [0.2, 0.25) is 0 Å². The quantitative estimate of drug-likeness (QED) is 0.514. The van der Waals surface area contributed by atoms with Crippen LogP contribution in [0.1, 0.15) is 19.7 Å². The van der Waals surface area contributed by atoms with Gasteiger partial charge in [-0.05, 0) is 19.9 Å². The summed E-state index contributed by atoms with van der Waals surface area (Å²) in [4.78, 5) is 12.0. The minimum Gasteiger partial charge on any atom is -0.381 e. The number of aliphatic imine (C=N–C) groups is 1. The summed E-state index contributed by atoms with van der Waals surface area (Å²) in [5.74, 6) is 0.886. The first-order valence-corrected chi connectivity index (χ1v) is 3.81. The van der Waals surface area contributed by atoms with Crippen molar-refractivity contribution in [3.8, 4) is 0 Å². The third-order valence-electron chi connectivity index (χ3n) is 1.19. The van der Waals surface area contributed by atoms with E-state index >= 15 is 0 Å². The fourth-order valence-corrected chi connectivity index (χ4v) is 0.767. The summed E-state index contributed by atoms with van der Waals surface area (Å²) in [5.41, 5.74) is 5.62. The highest BCUT2D eigenvalue weighted by Crippen LogP contribution is 1.91. The van der Waals surface area contributed by atoms with E-state index in [9.17, 15) is 0 Å². The van der Waals surface area contributed by atoms with Gasteiger partial charge in [0.15, 0.2) is 11.7 Å². The van der Waals surface area contributed by atoms with Crippen molar-refractivity contribution in [3.05, 3.63) is 24.3 Å². The summed E-state index contributed by atoms with van der Waals surface area (Å²) < 4.78 is 0. The number of nitrogens with two attached hydrogens (primary N) is 1. The van der Waals surface area contributed by atoms with Gasteiger partial charge in [-0.3, -0.25) is 4.99 Å². The Morgan fingerprint density at radius 2 is 2.00 bits per heavy atom. The van der Waals surface area contributed by atoms with Gasteiger partial charge in [0.1, 0.15) is 0 Å². The predicted octanol–water partition coefficient (Wildman–Crippen LogP) is 0.590. The molecule has 0 atom stereocenters. The van der Waals surface area contributed by atoms with Gasteiger partial charge < -0.3 is 5.73 Å². The lowest BCUT2D eigenvalue weighted by Gasteiger charge is -2.00. The van der Waals surface area contributed by atoms with E-state index in [0.29, 0.717) is 11.7 Å². The van der Waals surface area contributed by atoms with Crippen LogP contribution >= 0.6 is 0 Å². The SMILES string of the molecule is CC(C)N=C(N)c1ncccn1. The molecular weight excluding hydrogens is 152 g/mol. The third kappa shape index (κ3) is 2.30. The maximum Gasteiger partial charge on any atom is 0.194 e. The average molecular weight is 164 g/mol. The van der Waals surface area contributed by atoms with Gasteiger partial charge in [-0.25, -0.2) is 9.97 Å². The lowest BCUT2D eigenvalue weighted by Crippen LogP contribution is -2.18. The Hall–Kier alpha value is -1.45. The van der Waals surface area contributed by atoms with Crippen LogP contribution in [-0.4, -0.2) is 21.8 Å². The van der Waals surface area contributed by atoms with Gasteiger partial charge in [-0.15, -0.1) is 0 Å². The minimum absolute atomic E-state index is 0.175. The minimum atomic E-state index is 0.175. The molecule has 0 radical (unpaired) electrons. The highest BCUT2D eigenvalue weighted by molar-refractivity contribution is 5.93. The molecule has 4 nitrogen and oxygen atoms in total. The second-order valence-corrected chi connectivity index (χ2v) is 2.68. The van der Waals surface area contributed by atoms with Crippen LogP contribution in [0.15, 0.2) is 23.5 Å². The van der Waals surface area contributed by atoms with E-state index in [4.69, 9.17) is 5.73 Å². The second kappa shape index (κ2) is 3.80.